The van der Waals surface area contributed by atoms with Crippen molar-refractivity contribution in [3.63, 3.8) is 0 Å². The van der Waals surface area contributed by atoms with Crippen molar-refractivity contribution in [3.05, 3.63) is 77.9 Å². The zero-order valence-corrected chi connectivity index (χ0v) is 33.4. The molecule has 1 aliphatic heterocycles. The highest BCUT2D eigenvalue weighted by atomic mass is 32.1. The van der Waals surface area contributed by atoms with E-state index in [1.165, 1.54) is 51.4 Å². The second kappa shape index (κ2) is 20.5. The molecule has 0 saturated carbocycles. The Morgan fingerprint density at radius 2 is 1.32 bits per heavy atom. The number of esters is 5. The number of ketones is 1. The maximum atomic E-state index is 14.3. The smallest absolute Gasteiger partial charge is 0.311 e. The summed E-state index contributed by atoms with van der Waals surface area (Å²) in [5, 5.41) is 0.666. The van der Waals surface area contributed by atoms with Gasteiger partial charge >= 0.3 is 29.8 Å². The number of carbonyl (C=O) groups is 6. The minimum absolute atomic E-state index is 0.113. The lowest BCUT2D eigenvalue weighted by molar-refractivity contribution is -0.166. The van der Waals surface area contributed by atoms with Crippen molar-refractivity contribution in [1.29, 1.82) is 0 Å². The van der Waals surface area contributed by atoms with Gasteiger partial charge in [-0.2, -0.15) is 0 Å². The average Bonchev–Trinajstić information content (AvgIpc) is 3.55. The molecular weight excluding hydrogens is 755 g/mol. The molecule has 302 valence electrons. The second-order valence-electron chi connectivity index (χ2n) is 13.9. The summed E-state index contributed by atoms with van der Waals surface area (Å²) in [7, 11) is 0. The first kappa shape index (κ1) is 42.5. The van der Waals surface area contributed by atoms with Crippen LogP contribution in [0.4, 0.5) is 0 Å². The van der Waals surface area contributed by atoms with E-state index in [0.717, 1.165) is 25.2 Å². The van der Waals surface area contributed by atoms with E-state index in [9.17, 15) is 28.8 Å². The molecule has 4 aromatic rings. The van der Waals surface area contributed by atoms with Crippen molar-refractivity contribution in [2.75, 3.05) is 39.5 Å². The molecule has 1 aliphatic rings. The van der Waals surface area contributed by atoms with Crippen molar-refractivity contribution in [1.82, 2.24) is 4.90 Å². The summed E-state index contributed by atoms with van der Waals surface area (Å²) in [6.45, 7) is 8.43. The maximum Gasteiger partial charge on any atom is 0.311 e. The fraction of sp³-hybridized carbons (Fsp3) is 0.395. The zero-order chi connectivity index (χ0) is 40.9. The summed E-state index contributed by atoms with van der Waals surface area (Å²) in [6, 6.07) is 19.0. The van der Waals surface area contributed by atoms with Crippen LogP contribution in [0.15, 0.2) is 66.7 Å². The van der Waals surface area contributed by atoms with Crippen LogP contribution in [0.3, 0.4) is 0 Å². The molecule has 1 aromatic heterocycles. The normalized spacial score (nSPS) is 13.4. The molecule has 1 unspecified atom stereocenters. The SMILES string of the molecule is CC(=O)OCC(COC(C)=O)OC(=O)CC(C)CC(=O)Oc1ccc2c(C(=O)c3ccc(OCCN4CCCCC4)cc3)c(-c3ccc(OC(C)=O)cc3)sc2c1. The number of nitrogens with zero attached hydrogens (tertiary/aromatic N) is 1. The minimum atomic E-state index is -0.997. The Labute approximate surface area is 335 Å². The van der Waals surface area contributed by atoms with Gasteiger partial charge in [-0.3, -0.25) is 33.7 Å². The first-order valence-corrected chi connectivity index (χ1v) is 19.7. The van der Waals surface area contributed by atoms with Crippen LogP contribution in [0.5, 0.6) is 17.2 Å². The van der Waals surface area contributed by atoms with Crippen molar-refractivity contribution in [2.45, 2.75) is 65.9 Å². The summed E-state index contributed by atoms with van der Waals surface area (Å²) in [4.78, 5) is 76.9. The largest absolute Gasteiger partial charge is 0.492 e. The van der Waals surface area contributed by atoms with Crippen LogP contribution in [0.1, 0.15) is 75.7 Å². The molecule has 1 fully saturated rings. The number of ether oxygens (including phenoxy) is 6. The highest BCUT2D eigenvalue weighted by Crippen LogP contribution is 2.42. The van der Waals surface area contributed by atoms with E-state index in [-0.39, 0.29) is 37.6 Å². The molecular formula is C43H47NO12S. The number of hydrogen-bond acceptors (Lipinski definition) is 14. The molecule has 13 nitrogen and oxygen atoms in total. The predicted octanol–water partition coefficient (Wildman–Crippen LogP) is 6.95. The number of thiophene rings is 1. The van der Waals surface area contributed by atoms with Gasteiger partial charge in [-0.1, -0.05) is 13.3 Å². The molecule has 5 rings (SSSR count). The van der Waals surface area contributed by atoms with Crippen LogP contribution < -0.4 is 14.2 Å². The van der Waals surface area contributed by atoms with Gasteiger partial charge in [0.1, 0.15) is 37.1 Å². The molecule has 1 saturated heterocycles. The Bertz CT molecular complexity index is 2030. The predicted molar refractivity (Wildman–Crippen MR) is 211 cm³/mol. The summed E-state index contributed by atoms with van der Waals surface area (Å²) in [6.07, 6.45) is 2.44. The molecule has 0 N–H and O–H groups in total. The number of likely N-dealkylation sites (tertiary alicyclic amines) is 1. The van der Waals surface area contributed by atoms with E-state index in [2.05, 4.69) is 4.90 Å². The molecule has 0 radical (unpaired) electrons. The number of hydrogen-bond donors (Lipinski definition) is 0. The van der Waals surface area contributed by atoms with Crippen LogP contribution >= 0.6 is 11.3 Å². The fourth-order valence-electron chi connectivity index (χ4n) is 6.32. The van der Waals surface area contributed by atoms with E-state index in [1.54, 1.807) is 73.7 Å². The lowest BCUT2D eigenvalue weighted by atomic mass is 9.97. The maximum absolute atomic E-state index is 14.3. The molecule has 57 heavy (non-hydrogen) atoms. The Kier molecular flexibility index (Phi) is 15.3. The molecule has 2 heterocycles. The standard InChI is InChI=1S/C43H47NO12S/c1-27(23-40(49)56-36(25-52-28(2)45)26-53-29(3)46)22-39(48)55-35-16-17-37-38(24-35)57-43(32-10-14-34(15-11-32)54-30(4)47)41(37)42(50)31-8-12-33(13-9-31)51-21-20-44-18-6-5-7-19-44/h8-17,24,27,36H,5-7,18-23,25-26H2,1-4H3. The zero-order valence-electron chi connectivity index (χ0n) is 32.5. The number of piperidine rings is 1. The Hall–Kier alpha value is -5.60. The molecule has 0 spiro atoms. The highest BCUT2D eigenvalue weighted by molar-refractivity contribution is 7.22. The van der Waals surface area contributed by atoms with Crippen LogP contribution in [-0.4, -0.2) is 86.1 Å². The van der Waals surface area contributed by atoms with Gasteiger partial charge in [-0.05, 0) is 104 Å². The third-order valence-electron chi connectivity index (χ3n) is 9.01. The Morgan fingerprint density at radius 1 is 0.702 bits per heavy atom. The number of carbonyl (C=O) groups excluding carboxylic acids is 6. The van der Waals surface area contributed by atoms with Crippen LogP contribution in [0, 0.1) is 5.92 Å². The first-order valence-electron chi connectivity index (χ1n) is 18.9. The molecule has 3 aromatic carbocycles. The van der Waals surface area contributed by atoms with Crippen LogP contribution in [0.2, 0.25) is 0 Å². The topological polar surface area (TPSA) is 161 Å². The number of benzene rings is 3. The van der Waals surface area contributed by atoms with E-state index in [1.807, 2.05) is 0 Å². The van der Waals surface area contributed by atoms with Gasteiger partial charge in [0.25, 0.3) is 0 Å². The fourth-order valence-corrected chi connectivity index (χ4v) is 7.55. The quantitative estimate of drug-likeness (QED) is 0.0441. The van der Waals surface area contributed by atoms with Gasteiger partial charge < -0.3 is 28.4 Å². The van der Waals surface area contributed by atoms with Crippen LogP contribution in [-0.2, 0) is 38.2 Å². The first-order chi connectivity index (χ1) is 27.3. The molecule has 0 amide bonds. The Balaban J connectivity index is 1.29. The lowest BCUT2D eigenvalue weighted by Crippen LogP contribution is -2.33. The van der Waals surface area contributed by atoms with Crippen molar-refractivity contribution < 1.29 is 57.2 Å². The summed E-state index contributed by atoms with van der Waals surface area (Å²) >= 11 is 1.35. The van der Waals surface area contributed by atoms with Crippen LogP contribution in [0.25, 0.3) is 20.5 Å². The number of fused-ring (bicyclic) bond motifs is 1. The molecule has 1 atom stereocenters. The summed E-state index contributed by atoms with van der Waals surface area (Å²) in [5.41, 5.74) is 1.68. The third-order valence-corrected chi connectivity index (χ3v) is 10.2. The lowest BCUT2D eigenvalue weighted by Gasteiger charge is -2.26. The average molecular weight is 802 g/mol. The van der Waals surface area contributed by atoms with Gasteiger partial charge in [0.2, 0.25) is 0 Å². The Morgan fingerprint density at radius 3 is 1.95 bits per heavy atom. The molecule has 0 bridgehead atoms. The third kappa shape index (κ3) is 13.0. The van der Waals surface area contributed by atoms with E-state index in [4.69, 9.17) is 28.4 Å². The van der Waals surface area contributed by atoms with Gasteiger partial charge in [0.05, 0.1) is 0 Å². The van der Waals surface area contributed by atoms with E-state index >= 15 is 0 Å². The van der Waals surface area contributed by atoms with Crippen molar-refractivity contribution in [2.24, 2.45) is 5.92 Å². The van der Waals surface area contributed by atoms with Gasteiger partial charge in [0.15, 0.2) is 11.9 Å². The minimum Gasteiger partial charge on any atom is -0.492 e. The molecule has 14 heteroatoms. The monoisotopic (exact) mass is 801 g/mol. The van der Waals surface area contributed by atoms with Gasteiger partial charge in [0, 0.05) is 66.2 Å². The summed E-state index contributed by atoms with van der Waals surface area (Å²) < 4.78 is 32.7. The van der Waals surface area contributed by atoms with E-state index in [0.29, 0.717) is 44.2 Å². The van der Waals surface area contributed by atoms with Gasteiger partial charge in [-0.15, -0.1) is 11.3 Å². The second-order valence-corrected chi connectivity index (χ2v) is 14.9. The highest BCUT2D eigenvalue weighted by Gasteiger charge is 2.24. The summed E-state index contributed by atoms with van der Waals surface area (Å²) in [5.74, 6) is -2.23. The van der Waals surface area contributed by atoms with Crippen molar-refractivity contribution >= 4 is 57.1 Å². The van der Waals surface area contributed by atoms with Gasteiger partial charge in [-0.25, -0.2) is 0 Å². The number of rotatable bonds is 18. The van der Waals surface area contributed by atoms with E-state index < -0.39 is 41.9 Å². The molecule has 0 aliphatic carbocycles. The van der Waals surface area contributed by atoms with Crippen molar-refractivity contribution in [3.8, 4) is 27.7 Å².